The third kappa shape index (κ3) is 1.43. The van der Waals surface area contributed by atoms with Crippen LogP contribution in [0.3, 0.4) is 0 Å². The van der Waals surface area contributed by atoms with Gasteiger partial charge in [-0.3, -0.25) is 15.2 Å². The molecule has 2 aliphatic rings. The van der Waals surface area contributed by atoms with Crippen LogP contribution >= 0.6 is 0 Å². The molecule has 2 rings (SSSR count). The summed E-state index contributed by atoms with van der Waals surface area (Å²) in [4.78, 5) is 7.27. The number of hydrogen-bond donors (Lipinski definition) is 1. The summed E-state index contributed by atoms with van der Waals surface area (Å²) in [5.74, 6) is 3.31. The largest absolute Gasteiger partial charge is 0.299 e. The fourth-order valence-corrected chi connectivity index (χ4v) is 2.20. The standard InChI is InChI=1S/C10H14N2O/c1-3-10(11-13-2)9-7-12-5-4-8(9)6-12/h1,8,11H,4-7H2,2H3/b10-9-. The van der Waals surface area contributed by atoms with E-state index in [1.807, 2.05) is 0 Å². The van der Waals surface area contributed by atoms with Crippen molar-refractivity contribution in [1.82, 2.24) is 10.4 Å². The number of terminal acetylenes is 1. The van der Waals surface area contributed by atoms with Gasteiger partial charge in [0.15, 0.2) is 0 Å². The van der Waals surface area contributed by atoms with Gasteiger partial charge in [-0.05, 0) is 24.5 Å². The van der Waals surface area contributed by atoms with Gasteiger partial charge in [0, 0.05) is 13.1 Å². The monoisotopic (exact) mass is 178 g/mol. The van der Waals surface area contributed by atoms with Crippen molar-refractivity contribution in [3.63, 3.8) is 0 Å². The van der Waals surface area contributed by atoms with Gasteiger partial charge in [0.05, 0.1) is 7.11 Å². The lowest BCUT2D eigenvalue weighted by atomic mass is 9.97. The fraction of sp³-hybridized carbons (Fsp3) is 0.600. The molecular formula is C10H14N2O. The summed E-state index contributed by atoms with van der Waals surface area (Å²) in [5.41, 5.74) is 4.95. The Morgan fingerprint density at radius 2 is 2.62 bits per heavy atom. The number of hydrogen-bond acceptors (Lipinski definition) is 3. The van der Waals surface area contributed by atoms with Crippen molar-refractivity contribution < 1.29 is 4.84 Å². The molecule has 0 radical (unpaired) electrons. The molecule has 0 aliphatic carbocycles. The van der Waals surface area contributed by atoms with E-state index < -0.39 is 0 Å². The summed E-state index contributed by atoms with van der Waals surface area (Å²) in [5, 5.41) is 0. The van der Waals surface area contributed by atoms with Crippen LogP contribution in [0.2, 0.25) is 0 Å². The Morgan fingerprint density at radius 1 is 1.77 bits per heavy atom. The first-order valence-corrected chi connectivity index (χ1v) is 4.56. The number of nitrogens with one attached hydrogen (secondary N) is 1. The lowest BCUT2D eigenvalue weighted by Gasteiger charge is -2.16. The second-order valence-electron chi connectivity index (χ2n) is 3.57. The van der Waals surface area contributed by atoms with Crippen LogP contribution in [0, 0.1) is 18.3 Å². The van der Waals surface area contributed by atoms with E-state index in [0.717, 1.165) is 12.2 Å². The third-order valence-corrected chi connectivity index (χ3v) is 2.83. The van der Waals surface area contributed by atoms with Crippen LogP contribution in [-0.4, -0.2) is 31.6 Å². The number of rotatable bonds is 2. The molecule has 3 heteroatoms. The maximum atomic E-state index is 5.40. The second-order valence-corrected chi connectivity index (χ2v) is 3.57. The van der Waals surface area contributed by atoms with Crippen LogP contribution in [0.5, 0.6) is 0 Å². The maximum Gasteiger partial charge on any atom is 0.111 e. The number of hydroxylamine groups is 1. The Labute approximate surface area is 78.7 Å². The Bertz CT molecular complexity index is 277. The Hall–Kier alpha value is -0.980. The average Bonchev–Trinajstić information content (AvgIpc) is 2.74. The van der Waals surface area contributed by atoms with E-state index in [4.69, 9.17) is 11.3 Å². The predicted octanol–water partition coefficient (Wildman–Crippen LogP) is 0.360. The molecule has 1 N–H and O–H groups in total. The molecule has 2 saturated heterocycles. The smallest absolute Gasteiger partial charge is 0.111 e. The highest BCUT2D eigenvalue weighted by atomic mass is 16.6. The van der Waals surface area contributed by atoms with Gasteiger partial charge in [-0.1, -0.05) is 5.92 Å². The summed E-state index contributed by atoms with van der Waals surface area (Å²) in [6, 6.07) is 0. The zero-order valence-electron chi connectivity index (χ0n) is 7.84. The molecule has 2 unspecified atom stereocenters. The molecular weight excluding hydrogens is 164 g/mol. The van der Waals surface area contributed by atoms with Gasteiger partial charge < -0.3 is 0 Å². The molecule has 2 fully saturated rings. The van der Waals surface area contributed by atoms with Gasteiger partial charge in [0.25, 0.3) is 0 Å². The van der Waals surface area contributed by atoms with Crippen molar-refractivity contribution in [2.75, 3.05) is 26.7 Å². The average molecular weight is 178 g/mol. The molecule has 0 aromatic rings. The molecule has 2 aliphatic heterocycles. The van der Waals surface area contributed by atoms with Crippen LogP contribution in [0.15, 0.2) is 11.3 Å². The Kier molecular flexibility index (Phi) is 2.26. The Balaban J connectivity index is 2.18. The van der Waals surface area contributed by atoms with E-state index in [1.165, 1.54) is 25.1 Å². The molecule has 13 heavy (non-hydrogen) atoms. The molecule has 0 spiro atoms. The molecule has 0 aromatic carbocycles. The molecule has 0 saturated carbocycles. The maximum absolute atomic E-state index is 5.40. The van der Waals surface area contributed by atoms with Gasteiger partial charge in [-0.25, -0.2) is 0 Å². The summed E-state index contributed by atoms with van der Waals surface area (Å²) in [7, 11) is 1.59. The van der Waals surface area contributed by atoms with Crippen molar-refractivity contribution in [3.05, 3.63) is 11.3 Å². The summed E-state index contributed by atoms with van der Waals surface area (Å²) < 4.78 is 0. The van der Waals surface area contributed by atoms with Gasteiger partial charge in [0.1, 0.15) is 5.70 Å². The van der Waals surface area contributed by atoms with Gasteiger partial charge in [-0.2, -0.15) is 0 Å². The van der Waals surface area contributed by atoms with E-state index in [-0.39, 0.29) is 0 Å². The minimum Gasteiger partial charge on any atom is -0.299 e. The predicted molar refractivity (Wildman–Crippen MR) is 50.6 cm³/mol. The lowest BCUT2D eigenvalue weighted by molar-refractivity contribution is 0.120. The van der Waals surface area contributed by atoms with Gasteiger partial charge in [-0.15, -0.1) is 6.42 Å². The first-order chi connectivity index (χ1) is 6.35. The highest BCUT2D eigenvalue weighted by Crippen LogP contribution is 2.33. The normalized spacial score (nSPS) is 34.5. The van der Waals surface area contributed by atoms with Crippen molar-refractivity contribution in [2.45, 2.75) is 6.42 Å². The Morgan fingerprint density at radius 3 is 3.08 bits per heavy atom. The van der Waals surface area contributed by atoms with Crippen LogP contribution < -0.4 is 5.48 Å². The highest BCUT2D eigenvalue weighted by Gasteiger charge is 2.35. The zero-order chi connectivity index (χ0) is 9.26. The molecule has 2 heterocycles. The van der Waals surface area contributed by atoms with Gasteiger partial charge in [0.2, 0.25) is 0 Å². The van der Waals surface area contributed by atoms with Gasteiger partial charge >= 0.3 is 0 Å². The van der Waals surface area contributed by atoms with E-state index >= 15 is 0 Å². The van der Waals surface area contributed by atoms with Crippen LogP contribution in [0.1, 0.15) is 6.42 Å². The number of allylic oxidation sites excluding steroid dienone is 1. The minimum atomic E-state index is 0.661. The van der Waals surface area contributed by atoms with Crippen molar-refractivity contribution in [3.8, 4) is 12.3 Å². The number of piperidine rings is 1. The van der Waals surface area contributed by atoms with Crippen molar-refractivity contribution >= 4 is 0 Å². The summed E-state index contributed by atoms with van der Waals surface area (Å²) >= 11 is 0. The highest BCUT2D eigenvalue weighted by molar-refractivity contribution is 5.34. The fourth-order valence-electron chi connectivity index (χ4n) is 2.20. The molecule has 70 valence electrons. The second kappa shape index (κ2) is 3.41. The molecule has 0 amide bonds. The molecule has 0 aromatic heterocycles. The van der Waals surface area contributed by atoms with E-state index in [0.29, 0.717) is 5.92 Å². The van der Waals surface area contributed by atoms with Crippen LogP contribution in [-0.2, 0) is 4.84 Å². The van der Waals surface area contributed by atoms with Crippen molar-refractivity contribution in [1.29, 1.82) is 0 Å². The first kappa shape index (κ1) is 8.61. The quantitative estimate of drug-likeness (QED) is 0.488. The topological polar surface area (TPSA) is 24.5 Å². The van der Waals surface area contributed by atoms with E-state index in [1.54, 1.807) is 7.11 Å². The van der Waals surface area contributed by atoms with E-state index in [2.05, 4.69) is 16.3 Å². The molecule has 2 atom stereocenters. The number of fused-ring (bicyclic) bond motifs is 2. The van der Waals surface area contributed by atoms with Crippen molar-refractivity contribution in [2.24, 2.45) is 5.92 Å². The molecule has 3 nitrogen and oxygen atoms in total. The zero-order valence-corrected chi connectivity index (χ0v) is 7.84. The van der Waals surface area contributed by atoms with E-state index in [9.17, 15) is 0 Å². The summed E-state index contributed by atoms with van der Waals surface area (Å²) in [6.45, 7) is 3.41. The first-order valence-electron chi connectivity index (χ1n) is 4.56. The molecule has 2 bridgehead atoms. The third-order valence-electron chi connectivity index (χ3n) is 2.83. The number of nitrogens with zero attached hydrogens (tertiary/aromatic N) is 1. The minimum absolute atomic E-state index is 0.661. The summed E-state index contributed by atoms with van der Waals surface area (Å²) in [6.07, 6.45) is 6.64. The van der Waals surface area contributed by atoms with Crippen LogP contribution in [0.25, 0.3) is 0 Å². The van der Waals surface area contributed by atoms with Crippen LogP contribution in [0.4, 0.5) is 0 Å². The lowest BCUT2D eigenvalue weighted by Crippen LogP contribution is -2.22. The SMILES string of the molecule is C#C/C(NOC)=C1\CN2CCC1C2.